The topological polar surface area (TPSA) is 25.8 Å². The Morgan fingerprint density at radius 3 is 2.04 bits per heavy atom. The normalized spacial score (nSPS) is 10.7. The van der Waals surface area contributed by atoms with Gasteiger partial charge in [0.15, 0.2) is 0 Å². The highest BCUT2D eigenvalue weighted by molar-refractivity contribution is 6.30. The first-order valence-corrected chi connectivity index (χ1v) is 8.83. The molecule has 0 bridgehead atoms. The summed E-state index contributed by atoms with van der Waals surface area (Å²) in [5.41, 5.74) is 7.16. The van der Waals surface area contributed by atoms with E-state index in [0.29, 0.717) is 5.02 Å². The van der Waals surface area contributed by atoms with E-state index in [1.165, 1.54) is 5.56 Å². The van der Waals surface area contributed by atoms with Gasteiger partial charge in [-0.05, 0) is 54.4 Å². The van der Waals surface area contributed by atoms with Crippen molar-refractivity contribution in [3.8, 4) is 33.8 Å². The minimum atomic E-state index is 0.716. The van der Waals surface area contributed by atoms with E-state index in [-0.39, 0.29) is 0 Å². The molecule has 2 aromatic heterocycles. The summed E-state index contributed by atoms with van der Waals surface area (Å²) in [6.45, 7) is 2.09. The average Bonchev–Trinajstić information content (AvgIpc) is 2.69. The van der Waals surface area contributed by atoms with Crippen molar-refractivity contribution in [2.75, 3.05) is 0 Å². The fraction of sp³-hybridized carbons (Fsp3) is 0.0435. The lowest BCUT2D eigenvalue weighted by atomic mass is 10.0. The van der Waals surface area contributed by atoms with Gasteiger partial charge in [0.1, 0.15) is 0 Å². The molecular weight excluding hydrogens is 340 g/mol. The summed E-state index contributed by atoms with van der Waals surface area (Å²) in [7, 11) is 0. The average molecular weight is 357 g/mol. The molecule has 0 radical (unpaired) electrons. The number of benzene rings is 2. The van der Waals surface area contributed by atoms with Crippen molar-refractivity contribution in [2.45, 2.75) is 6.92 Å². The van der Waals surface area contributed by atoms with Gasteiger partial charge in [-0.3, -0.25) is 4.98 Å². The molecule has 126 valence electrons. The van der Waals surface area contributed by atoms with Crippen LogP contribution >= 0.6 is 11.6 Å². The van der Waals surface area contributed by atoms with Gasteiger partial charge in [-0.1, -0.05) is 59.6 Å². The van der Waals surface area contributed by atoms with E-state index in [9.17, 15) is 0 Å². The van der Waals surface area contributed by atoms with Gasteiger partial charge in [-0.25, -0.2) is 4.98 Å². The van der Waals surface area contributed by atoms with Crippen LogP contribution in [-0.4, -0.2) is 9.97 Å². The number of halogens is 1. The Balaban J connectivity index is 1.89. The van der Waals surface area contributed by atoms with E-state index in [2.05, 4.69) is 48.3 Å². The van der Waals surface area contributed by atoms with Crippen LogP contribution in [-0.2, 0) is 0 Å². The molecule has 0 fully saturated rings. The summed E-state index contributed by atoms with van der Waals surface area (Å²) in [4.78, 5) is 9.30. The second-order valence-electron chi connectivity index (χ2n) is 6.21. The smallest absolute Gasteiger partial charge is 0.0899 e. The summed E-state index contributed by atoms with van der Waals surface area (Å²) in [6.07, 6.45) is 1.79. The molecule has 0 atom stereocenters. The maximum absolute atomic E-state index is 6.04. The van der Waals surface area contributed by atoms with Crippen LogP contribution in [0.4, 0.5) is 0 Å². The van der Waals surface area contributed by atoms with Gasteiger partial charge in [-0.2, -0.15) is 0 Å². The van der Waals surface area contributed by atoms with Crippen LogP contribution in [0.2, 0.25) is 5.02 Å². The summed E-state index contributed by atoms with van der Waals surface area (Å²) in [5.74, 6) is 0. The first-order valence-electron chi connectivity index (χ1n) is 8.45. The number of nitrogens with zero attached hydrogens (tertiary/aromatic N) is 2. The largest absolute Gasteiger partial charge is 0.255 e. The molecular formula is C23H17ClN2. The molecule has 0 unspecified atom stereocenters. The van der Waals surface area contributed by atoms with Crippen LogP contribution in [0.25, 0.3) is 33.8 Å². The van der Waals surface area contributed by atoms with Crippen LogP contribution in [0.15, 0.2) is 85.1 Å². The highest BCUT2D eigenvalue weighted by atomic mass is 35.5. The predicted octanol–water partition coefficient (Wildman–Crippen LogP) is 6.44. The zero-order chi connectivity index (χ0) is 17.9. The van der Waals surface area contributed by atoms with Crippen LogP contribution < -0.4 is 0 Å². The molecule has 0 saturated heterocycles. The van der Waals surface area contributed by atoms with Crippen LogP contribution in [0.1, 0.15) is 5.56 Å². The van der Waals surface area contributed by atoms with Crippen molar-refractivity contribution in [1.29, 1.82) is 0 Å². The third-order valence-corrected chi connectivity index (χ3v) is 4.53. The second-order valence-corrected chi connectivity index (χ2v) is 6.65. The maximum atomic E-state index is 6.04. The van der Waals surface area contributed by atoms with Crippen LogP contribution in [0, 0.1) is 6.92 Å². The zero-order valence-corrected chi connectivity index (χ0v) is 15.1. The van der Waals surface area contributed by atoms with E-state index < -0.39 is 0 Å². The maximum Gasteiger partial charge on any atom is 0.0899 e. The van der Waals surface area contributed by atoms with Gasteiger partial charge in [0.05, 0.1) is 17.1 Å². The molecule has 0 spiro atoms. The molecule has 0 amide bonds. The number of rotatable bonds is 3. The summed E-state index contributed by atoms with van der Waals surface area (Å²) in [5, 5.41) is 0.716. The van der Waals surface area contributed by atoms with Crippen LogP contribution in [0.5, 0.6) is 0 Å². The number of aromatic nitrogens is 2. The van der Waals surface area contributed by atoms with Gasteiger partial charge in [0, 0.05) is 16.8 Å². The summed E-state index contributed by atoms with van der Waals surface area (Å²) in [6, 6.07) is 26.3. The second kappa shape index (κ2) is 7.11. The van der Waals surface area contributed by atoms with Crippen molar-refractivity contribution in [3.05, 3.63) is 95.6 Å². The first-order chi connectivity index (χ1) is 12.7. The molecule has 0 saturated carbocycles. The van der Waals surface area contributed by atoms with E-state index in [0.717, 1.165) is 33.8 Å². The minimum Gasteiger partial charge on any atom is -0.255 e. The third-order valence-electron chi connectivity index (χ3n) is 4.28. The van der Waals surface area contributed by atoms with Crippen molar-refractivity contribution in [3.63, 3.8) is 0 Å². The molecule has 2 aromatic carbocycles. The molecule has 0 aliphatic carbocycles. The SMILES string of the molecule is Cc1ccc(-c2cc(-c3ccc(Cl)cc3)nc(-c3ccccn3)c2)cc1. The highest BCUT2D eigenvalue weighted by Gasteiger charge is 2.09. The molecule has 0 aliphatic heterocycles. The molecule has 4 aromatic rings. The Hall–Kier alpha value is -2.97. The molecule has 4 rings (SSSR count). The Morgan fingerprint density at radius 1 is 0.654 bits per heavy atom. The van der Waals surface area contributed by atoms with Gasteiger partial charge >= 0.3 is 0 Å². The van der Waals surface area contributed by atoms with Gasteiger partial charge in [0.25, 0.3) is 0 Å². The molecule has 0 aliphatic rings. The Kier molecular flexibility index (Phi) is 4.51. The fourth-order valence-corrected chi connectivity index (χ4v) is 2.98. The van der Waals surface area contributed by atoms with Crippen LogP contribution in [0.3, 0.4) is 0 Å². The van der Waals surface area contributed by atoms with Gasteiger partial charge in [0.2, 0.25) is 0 Å². The van der Waals surface area contributed by atoms with Crippen molar-refractivity contribution in [2.24, 2.45) is 0 Å². The summed E-state index contributed by atoms with van der Waals surface area (Å²) < 4.78 is 0. The highest BCUT2D eigenvalue weighted by Crippen LogP contribution is 2.30. The molecule has 2 heterocycles. The minimum absolute atomic E-state index is 0.716. The molecule has 3 heteroatoms. The Morgan fingerprint density at radius 2 is 1.35 bits per heavy atom. The zero-order valence-electron chi connectivity index (χ0n) is 14.4. The van der Waals surface area contributed by atoms with E-state index in [4.69, 9.17) is 16.6 Å². The number of hydrogen-bond donors (Lipinski definition) is 0. The standard InChI is InChI=1S/C23H17ClN2/c1-16-5-7-17(8-6-16)19-14-22(18-9-11-20(24)12-10-18)26-23(15-19)21-4-2-3-13-25-21/h2-15H,1H3. The first kappa shape index (κ1) is 16.5. The Bertz CT molecular complexity index is 960. The lowest BCUT2D eigenvalue weighted by molar-refractivity contribution is 1.25. The van der Waals surface area contributed by atoms with Crippen molar-refractivity contribution < 1.29 is 0 Å². The number of pyridine rings is 2. The molecule has 26 heavy (non-hydrogen) atoms. The van der Waals surface area contributed by atoms with E-state index in [1.807, 2.05) is 42.5 Å². The molecule has 0 N–H and O–H groups in total. The van der Waals surface area contributed by atoms with E-state index in [1.54, 1.807) is 6.20 Å². The monoisotopic (exact) mass is 356 g/mol. The fourth-order valence-electron chi connectivity index (χ4n) is 2.86. The summed E-state index contributed by atoms with van der Waals surface area (Å²) >= 11 is 6.04. The lowest BCUT2D eigenvalue weighted by Crippen LogP contribution is -1.92. The Labute approximate surface area is 158 Å². The number of hydrogen-bond acceptors (Lipinski definition) is 2. The quantitative estimate of drug-likeness (QED) is 0.422. The van der Waals surface area contributed by atoms with Crippen molar-refractivity contribution in [1.82, 2.24) is 9.97 Å². The third kappa shape index (κ3) is 3.51. The number of aryl methyl sites for hydroxylation is 1. The molecule has 2 nitrogen and oxygen atoms in total. The van der Waals surface area contributed by atoms with E-state index >= 15 is 0 Å². The van der Waals surface area contributed by atoms with Gasteiger partial charge in [-0.15, -0.1) is 0 Å². The lowest BCUT2D eigenvalue weighted by Gasteiger charge is -2.10. The van der Waals surface area contributed by atoms with Gasteiger partial charge < -0.3 is 0 Å². The predicted molar refractivity (Wildman–Crippen MR) is 108 cm³/mol. The van der Waals surface area contributed by atoms with Crippen molar-refractivity contribution >= 4 is 11.6 Å².